The molecule has 0 bridgehead atoms. The normalized spacial score (nSPS) is 10.0. The number of hydrogen-bond donors (Lipinski definition) is 2. The highest BCUT2D eigenvalue weighted by atomic mass is 32.1. The molecule has 0 aliphatic rings. The van der Waals surface area contributed by atoms with Gasteiger partial charge in [-0.3, -0.25) is 0 Å². The summed E-state index contributed by atoms with van der Waals surface area (Å²) in [7, 11) is 1.42. The summed E-state index contributed by atoms with van der Waals surface area (Å²) >= 11 is 4.89. The first kappa shape index (κ1) is 13.2. The second kappa shape index (κ2) is 5.62. The number of benzene rings is 1. The van der Waals surface area contributed by atoms with Crippen molar-refractivity contribution in [1.29, 1.82) is 0 Å². The van der Waals surface area contributed by atoms with E-state index in [4.69, 9.17) is 22.7 Å². The Labute approximate surface area is 115 Å². The van der Waals surface area contributed by atoms with Gasteiger partial charge < -0.3 is 15.8 Å². The number of nitrogens with zero attached hydrogens (tertiary/aromatic N) is 1. The molecular weight excluding hydrogens is 265 g/mol. The third-order valence-corrected chi connectivity index (χ3v) is 2.70. The molecule has 0 radical (unpaired) electrons. The number of thiocarbonyl (C=S) groups is 1. The Hall–Kier alpha value is -2.21. The van der Waals surface area contributed by atoms with Crippen LogP contribution in [0.4, 0.5) is 15.9 Å². The van der Waals surface area contributed by atoms with Crippen molar-refractivity contribution in [2.75, 3.05) is 12.4 Å². The van der Waals surface area contributed by atoms with Crippen LogP contribution in [-0.4, -0.2) is 17.1 Å². The lowest BCUT2D eigenvalue weighted by Gasteiger charge is -2.08. The van der Waals surface area contributed by atoms with E-state index in [1.54, 1.807) is 24.4 Å². The van der Waals surface area contributed by atoms with Crippen molar-refractivity contribution in [1.82, 2.24) is 4.98 Å². The molecule has 0 aliphatic heterocycles. The Morgan fingerprint density at radius 2 is 2.16 bits per heavy atom. The number of methoxy groups -OCH3 is 1. The van der Waals surface area contributed by atoms with E-state index in [9.17, 15) is 4.39 Å². The van der Waals surface area contributed by atoms with Crippen molar-refractivity contribution in [3.63, 3.8) is 0 Å². The first-order valence-corrected chi connectivity index (χ1v) is 5.87. The molecule has 2 rings (SSSR count). The standard InChI is InChI=1S/C13H12FN3OS/c1-18-11-3-2-9(7-10(11)14)17-12-6-8(13(15)19)4-5-16-12/h2-7H,1H3,(H2,15,19)(H,16,17). The molecule has 0 amide bonds. The number of nitrogens with two attached hydrogens (primary N) is 1. The van der Waals surface area contributed by atoms with Crippen LogP contribution in [0.25, 0.3) is 0 Å². The summed E-state index contributed by atoms with van der Waals surface area (Å²) in [5, 5.41) is 2.97. The van der Waals surface area contributed by atoms with E-state index in [0.29, 0.717) is 17.1 Å². The molecule has 0 fully saturated rings. The van der Waals surface area contributed by atoms with Crippen LogP contribution in [0.15, 0.2) is 36.5 Å². The number of hydrogen-bond acceptors (Lipinski definition) is 4. The maximum Gasteiger partial charge on any atom is 0.167 e. The topological polar surface area (TPSA) is 60.2 Å². The summed E-state index contributed by atoms with van der Waals surface area (Å²) in [5.74, 6) is 0.281. The lowest BCUT2D eigenvalue weighted by Crippen LogP contribution is -2.09. The van der Waals surface area contributed by atoms with Crippen LogP contribution in [0.2, 0.25) is 0 Å². The highest BCUT2D eigenvalue weighted by Crippen LogP contribution is 2.23. The summed E-state index contributed by atoms with van der Waals surface area (Å²) in [4.78, 5) is 4.39. The zero-order chi connectivity index (χ0) is 13.8. The lowest BCUT2D eigenvalue weighted by atomic mass is 10.2. The molecule has 0 saturated heterocycles. The van der Waals surface area contributed by atoms with Crippen LogP contribution in [0.1, 0.15) is 5.56 Å². The Bertz CT molecular complexity index is 619. The zero-order valence-corrected chi connectivity index (χ0v) is 11.0. The maximum absolute atomic E-state index is 13.5. The Morgan fingerprint density at radius 1 is 1.37 bits per heavy atom. The fourth-order valence-electron chi connectivity index (χ4n) is 1.54. The minimum atomic E-state index is -0.446. The predicted octanol–water partition coefficient (Wildman–Crippen LogP) is 2.61. The minimum Gasteiger partial charge on any atom is -0.494 e. The third kappa shape index (κ3) is 3.17. The fourth-order valence-corrected chi connectivity index (χ4v) is 1.67. The molecule has 2 aromatic rings. The van der Waals surface area contributed by atoms with Gasteiger partial charge in [0.1, 0.15) is 10.8 Å². The Morgan fingerprint density at radius 3 is 2.79 bits per heavy atom. The Kier molecular flexibility index (Phi) is 3.91. The highest BCUT2D eigenvalue weighted by Gasteiger charge is 2.05. The van der Waals surface area contributed by atoms with Gasteiger partial charge in [0.2, 0.25) is 0 Å². The minimum absolute atomic E-state index is 0.190. The molecule has 3 N–H and O–H groups in total. The Balaban J connectivity index is 2.23. The largest absolute Gasteiger partial charge is 0.494 e. The number of rotatable bonds is 4. The average Bonchev–Trinajstić information content (AvgIpc) is 2.39. The monoisotopic (exact) mass is 277 g/mol. The molecule has 0 saturated carbocycles. The van der Waals surface area contributed by atoms with E-state index >= 15 is 0 Å². The SMILES string of the molecule is COc1ccc(Nc2cc(C(N)=S)ccn2)cc1F. The van der Waals surface area contributed by atoms with Gasteiger partial charge in [-0.2, -0.15) is 0 Å². The smallest absolute Gasteiger partial charge is 0.167 e. The van der Waals surface area contributed by atoms with Gasteiger partial charge in [0.15, 0.2) is 11.6 Å². The van der Waals surface area contributed by atoms with E-state index in [-0.39, 0.29) is 10.7 Å². The van der Waals surface area contributed by atoms with Gasteiger partial charge in [-0.25, -0.2) is 9.37 Å². The number of anilines is 2. The van der Waals surface area contributed by atoms with Gasteiger partial charge >= 0.3 is 0 Å². The van der Waals surface area contributed by atoms with Gasteiger partial charge in [-0.05, 0) is 24.3 Å². The first-order chi connectivity index (χ1) is 9.10. The molecule has 0 aliphatic carbocycles. The number of nitrogens with one attached hydrogen (secondary N) is 1. The van der Waals surface area contributed by atoms with Gasteiger partial charge in [0.05, 0.1) is 7.11 Å². The fraction of sp³-hybridized carbons (Fsp3) is 0.0769. The molecule has 19 heavy (non-hydrogen) atoms. The summed E-state index contributed by atoms with van der Waals surface area (Å²) in [6.45, 7) is 0. The molecule has 1 heterocycles. The molecule has 1 aromatic carbocycles. The molecule has 4 nitrogen and oxygen atoms in total. The first-order valence-electron chi connectivity index (χ1n) is 5.46. The van der Waals surface area contributed by atoms with Crippen LogP contribution in [0.5, 0.6) is 5.75 Å². The highest BCUT2D eigenvalue weighted by molar-refractivity contribution is 7.80. The van der Waals surface area contributed by atoms with Crippen molar-refractivity contribution in [2.45, 2.75) is 0 Å². The number of pyridine rings is 1. The van der Waals surface area contributed by atoms with Crippen molar-refractivity contribution >= 4 is 28.7 Å². The van der Waals surface area contributed by atoms with E-state index in [2.05, 4.69) is 10.3 Å². The zero-order valence-electron chi connectivity index (χ0n) is 10.2. The molecule has 6 heteroatoms. The van der Waals surface area contributed by atoms with E-state index < -0.39 is 5.82 Å². The second-order valence-electron chi connectivity index (χ2n) is 3.77. The van der Waals surface area contributed by atoms with Crippen LogP contribution < -0.4 is 15.8 Å². The second-order valence-corrected chi connectivity index (χ2v) is 4.21. The van der Waals surface area contributed by atoms with Gasteiger partial charge in [0.25, 0.3) is 0 Å². The van der Waals surface area contributed by atoms with Gasteiger partial charge in [0, 0.05) is 23.5 Å². The third-order valence-electron chi connectivity index (χ3n) is 2.47. The van der Waals surface area contributed by atoms with E-state index in [0.717, 1.165) is 0 Å². The predicted molar refractivity (Wildman–Crippen MR) is 76.4 cm³/mol. The van der Waals surface area contributed by atoms with Crippen LogP contribution in [0.3, 0.4) is 0 Å². The van der Waals surface area contributed by atoms with Gasteiger partial charge in [-0.1, -0.05) is 12.2 Å². The van der Waals surface area contributed by atoms with Crippen molar-refractivity contribution in [3.8, 4) is 5.75 Å². The van der Waals surface area contributed by atoms with Crippen LogP contribution >= 0.6 is 12.2 Å². The number of aromatic nitrogens is 1. The lowest BCUT2D eigenvalue weighted by molar-refractivity contribution is 0.386. The van der Waals surface area contributed by atoms with Gasteiger partial charge in [-0.15, -0.1) is 0 Å². The summed E-state index contributed by atoms with van der Waals surface area (Å²) < 4.78 is 18.4. The van der Waals surface area contributed by atoms with E-state index in [1.807, 2.05) is 0 Å². The van der Waals surface area contributed by atoms with Crippen molar-refractivity contribution in [3.05, 3.63) is 47.9 Å². The van der Waals surface area contributed by atoms with E-state index in [1.165, 1.54) is 19.2 Å². The summed E-state index contributed by atoms with van der Waals surface area (Å²) in [5.41, 5.74) is 6.79. The number of halogens is 1. The molecule has 0 spiro atoms. The maximum atomic E-state index is 13.5. The summed E-state index contributed by atoms with van der Waals surface area (Å²) in [6, 6.07) is 7.96. The van der Waals surface area contributed by atoms with Crippen LogP contribution in [-0.2, 0) is 0 Å². The molecule has 0 atom stereocenters. The molecule has 98 valence electrons. The molecular formula is C13H12FN3OS. The molecule has 0 unspecified atom stereocenters. The number of ether oxygens (including phenoxy) is 1. The summed E-state index contributed by atoms with van der Waals surface area (Å²) in [6.07, 6.45) is 1.58. The quantitative estimate of drug-likeness (QED) is 0.841. The average molecular weight is 277 g/mol. The van der Waals surface area contributed by atoms with Crippen LogP contribution in [0, 0.1) is 5.82 Å². The van der Waals surface area contributed by atoms with Crippen molar-refractivity contribution < 1.29 is 9.13 Å². The molecule has 1 aromatic heterocycles. The van der Waals surface area contributed by atoms with Crippen molar-refractivity contribution in [2.24, 2.45) is 5.73 Å².